The predicted octanol–water partition coefficient (Wildman–Crippen LogP) is 3.04. The summed E-state index contributed by atoms with van der Waals surface area (Å²) in [6, 6.07) is 5.65. The molecule has 1 fully saturated rings. The van der Waals surface area contributed by atoms with Gasteiger partial charge in [0.1, 0.15) is 17.8 Å². The molecule has 3 rings (SSSR count). The standard InChI is InChI=1S/C25H34FN5O5/c1-17(2)13-30(19-12-18(16-32)14-29(15-19)25(34)35)24(33)23-22(10-6-7-11-36-3)31(28-27-23)21-9-5-4-8-20(21)26/h4-5,8-9,16-19H,6-7,10-15H2,1-3H3,(H,34,35)/t18-,19+/m1/s1. The molecule has 1 aliphatic heterocycles. The van der Waals surface area contributed by atoms with Gasteiger partial charge in [-0.25, -0.2) is 13.9 Å². The van der Waals surface area contributed by atoms with E-state index in [1.54, 1.807) is 30.2 Å². The molecule has 0 bridgehead atoms. The molecule has 10 nitrogen and oxygen atoms in total. The van der Waals surface area contributed by atoms with Crippen LogP contribution in [-0.2, 0) is 16.0 Å². The normalized spacial score (nSPS) is 17.9. The van der Waals surface area contributed by atoms with E-state index in [1.807, 2.05) is 13.8 Å². The number of piperidine rings is 1. The number of hydrogen-bond donors (Lipinski definition) is 1. The van der Waals surface area contributed by atoms with E-state index in [1.165, 1.54) is 15.6 Å². The number of likely N-dealkylation sites (tertiary alicyclic amines) is 1. The number of unbranched alkanes of at least 4 members (excludes halogenated alkanes) is 1. The second-order valence-electron chi connectivity index (χ2n) is 9.52. The van der Waals surface area contributed by atoms with Crippen LogP contribution < -0.4 is 0 Å². The van der Waals surface area contributed by atoms with Crippen molar-refractivity contribution in [3.63, 3.8) is 0 Å². The Morgan fingerprint density at radius 2 is 2.03 bits per heavy atom. The first-order valence-electron chi connectivity index (χ1n) is 12.2. The van der Waals surface area contributed by atoms with Crippen molar-refractivity contribution in [2.45, 2.75) is 45.6 Å². The number of para-hydroxylation sites is 1. The van der Waals surface area contributed by atoms with E-state index in [4.69, 9.17) is 4.74 Å². The number of amides is 2. The Morgan fingerprint density at radius 1 is 1.28 bits per heavy atom. The lowest BCUT2D eigenvalue weighted by molar-refractivity contribution is -0.113. The maximum absolute atomic E-state index is 14.6. The molecule has 0 unspecified atom stereocenters. The molecular formula is C25H34FN5O5. The van der Waals surface area contributed by atoms with Crippen molar-refractivity contribution in [1.82, 2.24) is 24.8 Å². The number of hydrogen-bond acceptors (Lipinski definition) is 6. The number of halogens is 1. The molecule has 2 aromatic rings. The monoisotopic (exact) mass is 503 g/mol. The number of aldehydes is 1. The fourth-order valence-corrected chi connectivity index (χ4v) is 4.57. The highest BCUT2D eigenvalue weighted by molar-refractivity contribution is 5.93. The van der Waals surface area contributed by atoms with Crippen LogP contribution >= 0.6 is 0 Å². The number of aromatic nitrogens is 3. The topological polar surface area (TPSA) is 118 Å². The Morgan fingerprint density at radius 3 is 2.67 bits per heavy atom. The number of carbonyl (C=O) groups excluding carboxylic acids is 2. The van der Waals surface area contributed by atoms with E-state index in [0.717, 1.165) is 12.7 Å². The maximum Gasteiger partial charge on any atom is 0.407 e. The summed E-state index contributed by atoms with van der Waals surface area (Å²) in [4.78, 5) is 40.0. The summed E-state index contributed by atoms with van der Waals surface area (Å²) in [5, 5.41) is 17.9. The molecule has 11 heteroatoms. The SMILES string of the molecule is COCCCCc1c(C(=O)N(CC(C)C)[C@H]2C[C@@H](C=O)CN(C(=O)O)C2)nnn1-c1ccccc1F. The largest absolute Gasteiger partial charge is 0.465 e. The second kappa shape index (κ2) is 12.6. The first-order valence-corrected chi connectivity index (χ1v) is 12.2. The Balaban J connectivity index is 2.00. The third-order valence-electron chi connectivity index (χ3n) is 6.25. The Kier molecular flexibility index (Phi) is 9.51. The molecule has 2 heterocycles. The van der Waals surface area contributed by atoms with Crippen molar-refractivity contribution < 1.29 is 28.6 Å². The number of carboxylic acid groups (broad SMARTS) is 1. The minimum Gasteiger partial charge on any atom is -0.465 e. The second-order valence-corrected chi connectivity index (χ2v) is 9.52. The molecule has 1 aliphatic rings. The van der Waals surface area contributed by atoms with Gasteiger partial charge in [0, 0.05) is 39.3 Å². The third kappa shape index (κ3) is 6.45. The fourth-order valence-electron chi connectivity index (χ4n) is 4.57. The minimum atomic E-state index is -1.13. The lowest BCUT2D eigenvalue weighted by Crippen LogP contribution is -2.55. The number of benzene rings is 1. The van der Waals surface area contributed by atoms with Gasteiger partial charge in [-0.2, -0.15) is 0 Å². The van der Waals surface area contributed by atoms with Gasteiger partial charge in [0.05, 0.1) is 11.7 Å². The fraction of sp³-hybridized carbons (Fsp3) is 0.560. The Hall–Kier alpha value is -3.34. The van der Waals surface area contributed by atoms with Crippen molar-refractivity contribution >= 4 is 18.3 Å². The van der Waals surface area contributed by atoms with Crippen LogP contribution in [0.3, 0.4) is 0 Å². The van der Waals surface area contributed by atoms with Crippen LogP contribution in [0.5, 0.6) is 0 Å². The van der Waals surface area contributed by atoms with Crippen molar-refractivity contribution in [2.24, 2.45) is 11.8 Å². The molecule has 0 radical (unpaired) electrons. The molecule has 1 aromatic carbocycles. The van der Waals surface area contributed by atoms with Crippen LogP contribution in [-0.4, -0.2) is 87.6 Å². The predicted molar refractivity (Wildman–Crippen MR) is 130 cm³/mol. The lowest BCUT2D eigenvalue weighted by Gasteiger charge is -2.41. The van der Waals surface area contributed by atoms with E-state index >= 15 is 0 Å². The number of ether oxygens (including phenoxy) is 1. The van der Waals surface area contributed by atoms with E-state index < -0.39 is 29.8 Å². The summed E-state index contributed by atoms with van der Waals surface area (Å²) in [7, 11) is 1.61. The number of methoxy groups -OCH3 is 1. The highest BCUT2D eigenvalue weighted by Gasteiger charge is 2.37. The van der Waals surface area contributed by atoms with Crippen LogP contribution in [0.25, 0.3) is 5.69 Å². The lowest BCUT2D eigenvalue weighted by atomic mass is 9.93. The molecule has 0 aliphatic carbocycles. The summed E-state index contributed by atoms with van der Waals surface area (Å²) in [6.45, 7) is 5.01. The van der Waals surface area contributed by atoms with E-state index in [9.17, 15) is 23.9 Å². The molecular weight excluding hydrogens is 469 g/mol. The third-order valence-corrected chi connectivity index (χ3v) is 6.25. The highest BCUT2D eigenvalue weighted by Crippen LogP contribution is 2.25. The van der Waals surface area contributed by atoms with Gasteiger partial charge in [0.2, 0.25) is 0 Å². The highest BCUT2D eigenvalue weighted by atomic mass is 19.1. The molecule has 2 amide bonds. The molecule has 0 spiro atoms. The summed E-state index contributed by atoms with van der Waals surface area (Å²) in [5.74, 6) is -1.33. The van der Waals surface area contributed by atoms with E-state index in [-0.39, 0.29) is 30.4 Å². The zero-order chi connectivity index (χ0) is 26.2. The first-order chi connectivity index (χ1) is 17.3. The molecule has 196 valence electrons. The van der Waals surface area contributed by atoms with E-state index in [2.05, 4.69) is 10.3 Å². The Bertz CT molecular complexity index is 1060. The Labute approximate surface area is 210 Å². The quantitative estimate of drug-likeness (QED) is 0.370. The van der Waals surface area contributed by atoms with Gasteiger partial charge in [-0.15, -0.1) is 5.10 Å². The summed E-state index contributed by atoms with van der Waals surface area (Å²) in [6.07, 6.45) is 1.80. The van der Waals surface area contributed by atoms with Gasteiger partial charge < -0.3 is 24.4 Å². The van der Waals surface area contributed by atoms with Gasteiger partial charge in [-0.3, -0.25) is 4.79 Å². The zero-order valence-corrected chi connectivity index (χ0v) is 21.0. The van der Waals surface area contributed by atoms with Crippen LogP contribution in [0.4, 0.5) is 9.18 Å². The summed E-state index contributed by atoms with van der Waals surface area (Å²) >= 11 is 0. The first kappa shape index (κ1) is 27.3. The van der Waals surface area contributed by atoms with Crippen LogP contribution in [0.15, 0.2) is 24.3 Å². The zero-order valence-electron chi connectivity index (χ0n) is 21.0. The summed E-state index contributed by atoms with van der Waals surface area (Å²) in [5.41, 5.74) is 0.774. The molecule has 36 heavy (non-hydrogen) atoms. The molecule has 0 saturated carbocycles. The molecule has 1 aromatic heterocycles. The van der Waals surface area contributed by atoms with Crippen LogP contribution in [0.1, 0.15) is 49.3 Å². The summed E-state index contributed by atoms with van der Waals surface area (Å²) < 4.78 is 21.1. The number of nitrogens with zero attached hydrogens (tertiary/aromatic N) is 5. The molecule has 2 atom stereocenters. The smallest absolute Gasteiger partial charge is 0.407 e. The van der Waals surface area contributed by atoms with Crippen molar-refractivity contribution in [1.29, 1.82) is 0 Å². The van der Waals surface area contributed by atoms with Crippen molar-refractivity contribution in [3.8, 4) is 5.69 Å². The van der Waals surface area contributed by atoms with Crippen molar-refractivity contribution in [3.05, 3.63) is 41.5 Å². The van der Waals surface area contributed by atoms with E-state index in [0.29, 0.717) is 38.1 Å². The average molecular weight is 504 g/mol. The number of rotatable bonds is 11. The van der Waals surface area contributed by atoms with Gasteiger partial charge >= 0.3 is 6.09 Å². The van der Waals surface area contributed by atoms with Gasteiger partial charge in [-0.05, 0) is 43.7 Å². The van der Waals surface area contributed by atoms with Gasteiger partial charge in [-0.1, -0.05) is 31.2 Å². The van der Waals surface area contributed by atoms with Gasteiger partial charge in [0.25, 0.3) is 5.91 Å². The van der Waals surface area contributed by atoms with Crippen LogP contribution in [0.2, 0.25) is 0 Å². The minimum absolute atomic E-state index is 0.0793. The molecule has 1 saturated heterocycles. The number of carbonyl (C=O) groups is 3. The average Bonchev–Trinajstić information content (AvgIpc) is 3.28. The maximum atomic E-state index is 14.6. The van der Waals surface area contributed by atoms with Crippen molar-refractivity contribution in [2.75, 3.05) is 33.4 Å². The van der Waals surface area contributed by atoms with Gasteiger partial charge in [0.15, 0.2) is 5.69 Å². The molecule has 1 N–H and O–H groups in total. The van der Waals surface area contributed by atoms with Crippen LogP contribution in [0, 0.1) is 17.7 Å².